The van der Waals surface area contributed by atoms with E-state index in [1.165, 1.54) is 6.92 Å². The summed E-state index contributed by atoms with van der Waals surface area (Å²) in [7, 11) is 0. The van der Waals surface area contributed by atoms with Gasteiger partial charge in [-0.25, -0.2) is 13.6 Å². The van der Waals surface area contributed by atoms with Crippen molar-refractivity contribution in [2.24, 2.45) is 0 Å². The summed E-state index contributed by atoms with van der Waals surface area (Å²) in [6.07, 6.45) is 2.41. The number of halogens is 2. The standard InChI is InChI=1S/C19H21F2NO5/c1-3-27-9-15(19(25)26)18(24)14-8-16(20)13(7-17(14)21)11-4-5-12(6-11)22-10(2)23/h7-9,11-12H,3-6H2,1-2H3,(H,22,23)(H,25,26). The van der Waals surface area contributed by atoms with E-state index in [1.807, 2.05) is 0 Å². The zero-order valence-electron chi connectivity index (χ0n) is 15.1. The summed E-state index contributed by atoms with van der Waals surface area (Å²) in [5.74, 6) is -5.01. The highest BCUT2D eigenvalue weighted by atomic mass is 19.1. The number of hydrogen-bond acceptors (Lipinski definition) is 4. The van der Waals surface area contributed by atoms with Gasteiger partial charge in [-0.3, -0.25) is 9.59 Å². The number of carboxylic acids is 1. The van der Waals surface area contributed by atoms with Crippen LogP contribution < -0.4 is 5.32 Å². The molecule has 1 fully saturated rings. The van der Waals surface area contributed by atoms with Crippen LogP contribution >= 0.6 is 0 Å². The number of carbonyl (C=O) groups is 3. The molecule has 1 aliphatic carbocycles. The van der Waals surface area contributed by atoms with Gasteiger partial charge in [-0.15, -0.1) is 0 Å². The number of rotatable bonds is 7. The Hall–Kier alpha value is -2.77. The molecule has 8 heteroatoms. The lowest BCUT2D eigenvalue weighted by Crippen LogP contribution is -2.30. The molecule has 1 aromatic carbocycles. The number of aliphatic carboxylic acids is 1. The highest BCUT2D eigenvalue weighted by Crippen LogP contribution is 2.36. The number of ether oxygens (including phenoxy) is 1. The van der Waals surface area contributed by atoms with Crippen LogP contribution in [0.25, 0.3) is 0 Å². The molecule has 1 aliphatic rings. The monoisotopic (exact) mass is 381 g/mol. The van der Waals surface area contributed by atoms with Crippen molar-refractivity contribution in [1.29, 1.82) is 0 Å². The molecular weight excluding hydrogens is 360 g/mol. The van der Waals surface area contributed by atoms with E-state index < -0.39 is 34.5 Å². The number of benzene rings is 1. The van der Waals surface area contributed by atoms with Crippen LogP contribution in [0.4, 0.5) is 8.78 Å². The molecule has 6 nitrogen and oxygen atoms in total. The molecule has 146 valence electrons. The average molecular weight is 381 g/mol. The third-order valence-corrected chi connectivity index (χ3v) is 4.45. The van der Waals surface area contributed by atoms with E-state index in [4.69, 9.17) is 9.84 Å². The van der Waals surface area contributed by atoms with Gasteiger partial charge in [-0.2, -0.15) is 0 Å². The lowest BCUT2D eigenvalue weighted by molar-refractivity contribution is -0.132. The van der Waals surface area contributed by atoms with E-state index >= 15 is 0 Å². The van der Waals surface area contributed by atoms with E-state index in [0.717, 1.165) is 18.4 Å². The molecule has 0 spiro atoms. The number of Topliss-reactive ketones (excluding diaryl/α,β-unsaturated/α-hetero) is 1. The molecule has 0 aromatic heterocycles. The smallest absolute Gasteiger partial charge is 0.342 e. The van der Waals surface area contributed by atoms with Crippen molar-refractivity contribution in [3.8, 4) is 0 Å². The molecule has 0 heterocycles. The third kappa shape index (κ3) is 4.90. The lowest BCUT2D eigenvalue weighted by atomic mass is 9.93. The Labute approximate surface area is 155 Å². The molecule has 0 bridgehead atoms. The van der Waals surface area contributed by atoms with Crippen molar-refractivity contribution in [3.63, 3.8) is 0 Å². The van der Waals surface area contributed by atoms with Gasteiger partial charge in [0.25, 0.3) is 0 Å². The molecular formula is C19H21F2NO5. The molecule has 2 atom stereocenters. The Morgan fingerprint density at radius 1 is 1.26 bits per heavy atom. The maximum absolute atomic E-state index is 14.5. The molecule has 2 unspecified atom stereocenters. The SMILES string of the molecule is CCOC=C(C(=O)O)C(=O)c1cc(F)c(C2CCC(NC(C)=O)C2)cc1F. The second kappa shape index (κ2) is 8.75. The van der Waals surface area contributed by atoms with Crippen LogP contribution in [-0.2, 0) is 14.3 Å². The first-order valence-corrected chi connectivity index (χ1v) is 8.60. The van der Waals surface area contributed by atoms with Gasteiger partial charge in [0.15, 0.2) is 0 Å². The molecule has 0 radical (unpaired) electrons. The number of hydrogen-bond donors (Lipinski definition) is 2. The van der Waals surface area contributed by atoms with Gasteiger partial charge in [0, 0.05) is 13.0 Å². The largest absolute Gasteiger partial charge is 0.500 e. The van der Waals surface area contributed by atoms with Crippen LogP contribution in [0.2, 0.25) is 0 Å². The topological polar surface area (TPSA) is 92.7 Å². The minimum absolute atomic E-state index is 0.107. The Bertz CT molecular complexity index is 791. The highest BCUT2D eigenvalue weighted by molar-refractivity contribution is 6.23. The van der Waals surface area contributed by atoms with Gasteiger partial charge in [0.2, 0.25) is 11.7 Å². The first-order chi connectivity index (χ1) is 12.7. The number of carboxylic acid groups (broad SMARTS) is 1. The third-order valence-electron chi connectivity index (χ3n) is 4.45. The summed E-state index contributed by atoms with van der Waals surface area (Å²) >= 11 is 0. The van der Waals surface area contributed by atoms with Gasteiger partial charge in [-0.1, -0.05) is 0 Å². The van der Waals surface area contributed by atoms with Crippen molar-refractivity contribution in [2.75, 3.05) is 6.61 Å². The van der Waals surface area contributed by atoms with E-state index in [0.29, 0.717) is 19.3 Å². The summed E-state index contributed by atoms with van der Waals surface area (Å²) in [5.41, 5.74) is -1.34. The number of ketones is 1. The fourth-order valence-corrected chi connectivity index (χ4v) is 3.24. The molecule has 2 N–H and O–H groups in total. The van der Waals surface area contributed by atoms with E-state index in [-0.39, 0.29) is 30.0 Å². The maximum atomic E-state index is 14.5. The van der Waals surface area contributed by atoms with Gasteiger partial charge in [-0.05, 0) is 49.8 Å². The Kier molecular flexibility index (Phi) is 6.65. The first kappa shape index (κ1) is 20.5. The predicted molar refractivity (Wildman–Crippen MR) is 92.2 cm³/mol. The number of carbonyl (C=O) groups excluding carboxylic acids is 2. The molecule has 1 amide bonds. The van der Waals surface area contributed by atoms with Crippen molar-refractivity contribution < 1.29 is 33.0 Å². The van der Waals surface area contributed by atoms with E-state index in [2.05, 4.69) is 5.32 Å². The zero-order valence-corrected chi connectivity index (χ0v) is 15.1. The Balaban J connectivity index is 2.28. The first-order valence-electron chi connectivity index (χ1n) is 8.60. The highest BCUT2D eigenvalue weighted by Gasteiger charge is 2.30. The second-order valence-corrected chi connectivity index (χ2v) is 6.38. The molecule has 27 heavy (non-hydrogen) atoms. The normalized spacial score (nSPS) is 19.6. The zero-order chi connectivity index (χ0) is 20.1. The van der Waals surface area contributed by atoms with Gasteiger partial charge >= 0.3 is 5.97 Å². The van der Waals surface area contributed by atoms with Crippen LogP contribution in [0, 0.1) is 11.6 Å². The van der Waals surface area contributed by atoms with Crippen molar-refractivity contribution in [1.82, 2.24) is 5.32 Å². The lowest BCUT2D eigenvalue weighted by Gasteiger charge is -2.14. The van der Waals surface area contributed by atoms with Gasteiger partial charge in [0.05, 0.1) is 12.2 Å². The number of nitrogens with one attached hydrogen (secondary N) is 1. The average Bonchev–Trinajstić information content (AvgIpc) is 3.03. The maximum Gasteiger partial charge on any atom is 0.342 e. The molecule has 2 rings (SSSR count). The van der Waals surface area contributed by atoms with Crippen molar-refractivity contribution >= 4 is 17.7 Å². The van der Waals surface area contributed by atoms with Crippen LogP contribution in [0.5, 0.6) is 0 Å². The molecule has 1 aromatic rings. The number of amides is 1. The second-order valence-electron chi connectivity index (χ2n) is 6.38. The van der Waals surface area contributed by atoms with E-state index in [9.17, 15) is 23.2 Å². The summed E-state index contributed by atoms with van der Waals surface area (Å²) in [6.45, 7) is 3.10. The summed E-state index contributed by atoms with van der Waals surface area (Å²) in [4.78, 5) is 34.6. The fourth-order valence-electron chi connectivity index (χ4n) is 3.24. The van der Waals surface area contributed by atoms with Crippen molar-refractivity contribution in [3.05, 3.63) is 46.7 Å². The Morgan fingerprint density at radius 2 is 1.96 bits per heavy atom. The van der Waals surface area contributed by atoms with Gasteiger partial charge in [0.1, 0.15) is 23.5 Å². The minimum Gasteiger partial charge on any atom is -0.500 e. The van der Waals surface area contributed by atoms with Gasteiger partial charge < -0.3 is 15.2 Å². The van der Waals surface area contributed by atoms with Crippen LogP contribution in [0.1, 0.15) is 54.9 Å². The fraction of sp³-hybridized carbons (Fsp3) is 0.421. The molecule has 0 saturated heterocycles. The Morgan fingerprint density at radius 3 is 2.56 bits per heavy atom. The summed E-state index contributed by atoms with van der Waals surface area (Å²) < 4.78 is 33.8. The summed E-state index contributed by atoms with van der Waals surface area (Å²) in [6, 6.07) is 1.55. The van der Waals surface area contributed by atoms with Crippen LogP contribution in [-0.4, -0.2) is 35.4 Å². The minimum atomic E-state index is -1.59. The molecule has 0 aliphatic heterocycles. The molecule has 1 saturated carbocycles. The van der Waals surface area contributed by atoms with Crippen LogP contribution in [0.15, 0.2) is 24.0 Å². The van der Waals surface area contributed by atoms with E-state index in [1.54, 1.807) is 6.92 Å². The quantitative estimate of drug-likeness (QED) is 0.249. The summed E-state index contributed by atoms with van der Waals surface area (Å²) in [5, 5.41) is 11.9. The van der Waals surface area contributed by atoms with Crippen LogP contribution in [0.3, 0.4) is 0 Å². The van der Waals surface area contributed by atoms with Crippen molar-refractivity contribution in [2.45, 2.75) is 45.1 Å². The predicted octanol–water partition coefficient (Wildman–Crippen LogP) is 2.92.